The van der Waals surface area contributed by atoms with Crippen molar-refractivity contribution in [2.45, 2.75) is 58.9 Å². The Bertz CT molecular complexity index is 295. The van der Waals surface area contributed by atoms with Crippen molar-refractivity contribution < 1.29 is 0 Å². The molecule has 16 heavy (non-hydrogen) atoms. The lowest BCUT2D eigenvalue weighted by molar-refractivity contribution is 0.000768. The number of halogens is 1. The smallest absolute Gasteiger partial charge is 0.0182 e. The molecular weight excluding hydrogens is 218 g/mol. The van der Waals surface area contributed by atoms with Crippen LogP contribution in [0.25, 0.3) is 0 Å². The molecule has 1 nitrogen and oxygen atoms in total. The molecule has 0 aromatic heterocycles. The Kier molecular flexibility index (Phi) is 2.69. The molecule has 2 bridgehead atoms. The minimum Gasteiger partial charge on any atom is -0.316 e. The van der Waals surface area contributed by atoms with Crippen molar-refractivity contribution in [3.05, 3.63) is 0 Å². The second-order valence-electron chi connectivity index (χ2n) is 7.04. The molecule has 94 valence electrons. The largest absolute Gasteiger partial charge is 0.316 e. The van der Waals surface area contributed by atoms with Gasteiger partial charge in [0.05, 0.1) is 0 Å². The Balaban J connectivity index is 0.000000963. The quantitative estimate of drug-likeness (QED) is 0.742. The Morgan fingerprint density at radius 2 is 1.69 bits per heavy atom. The molecule has 2 heteroatoms. The van der Waals surface area contributed by atoms with E-state index in [4.69, 9.17) is 0 Å². The monoisotopic (exact) mass is 243 g/mol. The molecule has 0 aromatic carbocycles. The van der Waals surface area contributed by atoms with E-state index in [1.807, 2.05) is 0 Å². The first kappa shape index (κ1) is 12.7. The van der Waals surface area contributed by atoms with Gasteiger partial charge in [0, 0.05) is 6.04 Å². The molecule has 3 aliphatic carbocycles. The molecular formula is C14H26ClN. The van der Waals surface area contributed by atoms with Gasteiger partial charge in [-0.25, -0.2) is 0 Å². The van der Waals surface area contributed by atoms with Gasteiger partial charge in [-0.2, -0.15) is 0 Å². The molecule has 0 amide bonds. The van der Waals surface area contributed by atoms with Gasteiger partial charge in [0.25, 0.3) is 0 Å². The maximum Gasteiger partial charge on any atom is 0.0182 e. The molecule has 3 rings (SSSR count). The topological polar surface area (TPSA) is 12.0 Å². The van der Waals surface area contributed by atoms with Gasteiger partial charge in [0.2, 0.25) is 0 Å². The minimum atomic E-state index is 0. The van der Waals surface area contributed by atoms with Crippen LogP contribution >= 0.6 is 12.4 Å². The zero-order valence-electron chi connectivity index (χ0n) is 11.1. The van der Waals surface area contributed by atoms with Crippen molar-refractivity contribution in [1.82, 2.24) is 5.32 Å². The number of rotatable bonds is 1. The van der Waals surface area contributed by atoms with E-state index in [9.17, 15) is 0 Å². The highest BCUT2D eigenvalue weighted by molar-refractivity contribution is 5.85. The average Bonchev–Trinajstić information content (AvgIpc) is 2.42. The molecule has 0 saturated heterocycles. The molecule has 3 atom stereocenters. The third-order valence-electron chi connectivity index (χ3n) is 6.77. The summed E-state index contributed by atoms with van der Waals surface area (Å²) < 4.78 is 0. The summed E-state index contributed by atoms with van der Waals surface area (Å²) in [5.41, 5.74) is 1.79. The second kappa shape index (κ2) is 3.38. The minimum absolute atomic E-state index is 0. The van der Waals surface area contributed by atoms with E-state index in [-0.39, 0.29) is 12.4 Å². The summed E-state index contributed by atoms with van der Waals surface area (Å²) in [6.45, 7) is 7.60. The van der Waals surface area contributed by atoms with Crippen LogP contribution in [0, 0.1) is 22.2 Å². The van der Waals surface area contributed by atoms with E-state index in [0.29, 0.717) is 16.2 Å². The lowest BCUT2D eigenvalue weighted by Crippen LogP contribution is -2.55. The standard InChI is InChI=1S/C14H25N.ClH/c1-12(2)10-6-9-13(12,3)11(15-4)14(10)7-5-8-14;/h10-11,15H,5-9H2,1-4H3;1H/t10-,11+,13-;/m0./s1. The third kappa shape index (κ3) is 1.03. The highest BCUT2D eigenvalue weighted by Gasteiger charge is 2.72. The SMILES string of the molecule is CN[C@H]1C2(CCC2)[C@H]2CC[C@]1(C)C2(C)C.Cl. The maximum atomic E-state index is 3.68. The van der Waals surface area contributed by atoms with Crippen LogP contribution in [0.2, 0.25) is 0 Å². The molecule has 0 aliphatic heterocycles. The van der Waals surface area contributed by atoms with Crippen molar-refractivity contribution >= 4 is 12.4 Å². The summed E-state index contributed by atoms with van der Waals surface area (Å²) in [6.07, 6.45) is 7.38. The van der Waals surface area contributed by atoms with Crippen LogP contribution in [-0.4, -0.2) is 13.1 Å². The first-order valence-corrected chi connectivity index (χ1v) is 6.66. The van der Waals surface area contributed by atoms with Gasteiger partial charge < -0.3 is 5.32 Å². The fraction of sp³-hybridized carbons (Fsp3) is 1.00. The molecule has 3 fully saturated rings. The molecule has 3 saturated carbocycles. The molecule has 0 radical (unpaired) electrons. The normalized spacial score (nSPS) is 46.5. The van der Waals surface area contributed by atoms with E-state index in [1.165, 1.54) is 32.1 Å². The Hall–Kier alpha value is 0.250. The summed E-state index contributed by atoms with van der Waals surface area (Å²) in [5, 5.41) is 3.68. The fourth-order valence-corrected chi connectivity index (χ4v) is 5.71. The average molecular weight is 244 g/mol. The second-order valence-corrected chi connectivity index (χ2v) is 7.04. The molecule has 0 heterocycles. The van der Waals surface area contributed by atoms with Gasteiger partial charge in [-0.3, -0.25) is 0 Å². The van der Waals surface area contributed by atoms with Gasteiger partial charge in [-0.1, -0.05) is 27.2 Å². The predicted octanol–water partition coefficient (Wildman–Crippen LogP) is 3.62. The zero-order valence-corrected chi connectivity index (χ0v) is 11.9. The van der Waals surface area contributed by atoms with Crippen LogP contribution in [0.1, 0.15) is 52.9 Å². The van der Waals surface area contributed by atoms with E-state index >= 15 is 0 Å². The van der Waals surface area contributed by atoms with Crippen LogP contribution in [0.4, 0.5) is 0 Å². The summed E-state index contributed by atoms with van der Waals surface area (Å²) in [5.74, 6) is 0.987. The van der Waals surface area contributed by atoms with Crippen molar-refractivity contribution in [1.29, 1.82) is 0 Å². The molecule has 0 unspecified atom stereocenters. The summed E-state index contributed by atoms with van der Waals surface area (Å²) in [6, 6.07) is 0.785. The predicted molar refractivity (Wildman–Crippen MR) is 71.0 cm³/mol. The van der Waals surface area contributed by atoms with Crippen LogP contribution < -0.4 is 5.32 Å². The van der Waals surface area contributed by atoms with Gasteiger partial charge >= 0.3 is 0 Å². The van der Waals surface area contributed by atoms with Crippen molar-refractivity contribution in [3.8, 4) is 0 Å². The third-order valence-corrected chi connectivity index (χ3v) is 6.77. The first-order valence-electron chi connectivity index (χ1n) is 6.66. The van der Waals surface area contributed by atoms with Crippen LogP contribution in [0.5, 0.6) is 0 Å². The van der Waals surface area contributed by atoms with Crippen LogP contribution in [-0.2, 0) is 0 Å². The lowest BCUT2D eigenvalue weighted by Gasteiger charge is -2.53. The zero-order chi connectivity index (χ0) is 10.9. The summed E-state index contributed by atoms with van der Waals surface area (Å²) >= 11 is 0. The van der Waals surface area contributed by atoms with Crippen molar-refractivity contribution in [2.75, 3.05) is 7.05 Å². The first-order chi connectivity index (χ1) is 6.99. The molecule has 0 aromatic rings. The molecule has 1 N–H and O–H groups in total. The Morgan fingerprint density at radius 3 is 2.06 bits per heavy atom. The highest BCUT2D eigenvalue weighted by Crippen LogP contribution is 2.76. The van der Waals surface area contributed by atoms with E-state index in [0.717, 1.165) is 12.0 Å². The molecule has 1 spiro atoms. The maximum absolute atomic E-state index is 3.68. The van der Waals surface area contributed by atoms with Crippen LogP contribution in [0.3, 0.4) is 0 Å². The van der Waals surface area contributed by atoms with Crippen LogP contribution in [0.15, 0.2) is 0 Å². The number of fused-ring (bicyclic) bond motifs is 3. The summed E-state index contributed by atoms with van der Waals surface area (Å²) in [7, 11) is 2.19. The van der Waals surface area contributed by atoms with Gasteiger partial charge in [0.15, 0.2) is 0 Å². The van der Waals surface area contributed by atoms with E-state index < -0.39 is 0 Å². The Labute approximate surface area is 106 Å². The van der Waals surface area contributed by atoms with Gasteiger partial charge in [-0.15, -0.1) is 12.4 Å². The number of nitrogens with one attached hydrogen (secondary N) is 1. The fourth-order valence-electron chi connectivity index (χ4n) is 5.71. The number of hydrogen-bond acceptors (Lipinski definition) is 1. The van der Waals surface area contributed by atoms with Gasteiger partial charge in [-0.05, 0) is 54.9 Å². The lowest BCUT2D eigenvalue weighted by atomic mass is 9.55. The van der Waals surface area contributed by atoms with Gasteiger partial charge in [0.1, 0.15) is 0 Å². The van der Waals surface area contributed by atoms with E-state index in [1.54, 1.807) is 0 Å². The summed E-state index contributed by atoms with van der Waals surface area (Å²) in [4.78, 5) is 0. The molecule has 3 aliphatic rings. The van der Waals surface area contributed by atoms with E-state index in [2.05, 4.69) is 33.1 Å². The van der Waals surface area contributed by atoms with Crippen molar-refractivity contribution in [2.24, 2.45) is 22.2 Å². The number of hydrogen-bond donors (Lipinski definition) is 1. The van der Waals surface area contributed by atoms with Crippen molar-refractivity contribution in [3.63, 3.8) is 0 Å². The Morgan fingerprint density at radius 1 is 1.06 bits per heavy atom. The highest BCUT2D eigenvalue weighted by atomic mass is 35.5.